The minimum Gasteiger partial charge on any atom is -0.493 e. The molecule has 1 saturated carbocycles. The van der Waals surface area contributed by atoms with Crippen LogP contribution in [0.3, 0.4) is 0 Å². The van der Waals surface area contributed by atoms with Gasteiger partial charge in [0, 0.05) is 93.6 Å². The molecule has 4 atom stereocenters. The van der Waals surface area contributed by atoms with E-state index < -0.39 is 35.7 Å². The van der Waals surface area contributed by atoms with Crippen molar-refractivity contribution in [1.29, 1.82) is 0 Å². The highest BCUT2D eigenvalue weighted by atomic mass is 16.6. The van der Waals surface area contributed by atoms with Gasteiger partial charge in [-0.15, -0.1) is 0 Å². The van der Waals surface area contributed by atoms with E-state index in [1.165, 1.54) is 44.8 Å². The molecule has 1 fully saturated rings. The summed E-state index contributed by atoms with van der Waals surface area (Å²) in [6.07, 6.45) is 14.0. The Morgan fingerprint density at radius 2 is 1.02 bits per heavy atom. The van der Waals surface area contributed by atoms with E-state index in [9.17, 15) is 38.4 Å². The van der Waals surface area contributed by atoms with Crippen LogP contribution >= 0.6 is 0 Å². The van der Waals surface area contributed by atoms with Crippen LogP contribution in [-0.4, -0.2) is 245 Å². The average Bonchev–Trinajstić information content (AvgIpc) is 1.69. The molecule has 1 aliphatic carbocycles. The molecule has 29 heteroatoms. The number of benzene rings is 3. The number of carbonyl (C=O) groups excluding carboxylic acids is 8. The number of rotatable bonds is 46. The molecule has 0 spiro atoms. The first-order chi connectivity index (χ1) is 49.1. The van der Waals surface area contributed by atoms with Crippen molar-refractivity contribution in [1.82, 2.24) is 30.7 Å². The molecule has 6 aliphatic rings. The number of nitrogens with one attached hydrogen (secondary N) is 4. The van der Waals surface area contributed by atoms with Crippen molar-refractivity contribution in [3.63, 3.8) is 0 Å². The lowest BCUT2D eigenvalue weighted by Crippen LogP contribution is -2.53. The fraction of sp³-hybridized carbons (Fsp3) is 0.528. The fourth-order valence-electron chi connectivity index (χ4n) is 11.3. The smallest absolute Gasteiger partial charge is 0.260 e. The van der Waals surface area contributed by atoms with E-state index in [0.29, 0.717) is 169 Å². The molecule has 8 amide bonds. The van der Waals surface area contributed by atoms with E-state index in [0.717, 1.165) is 22.5 Å². The van der Waals surface area contributed by atoms with Crippen molar-refractivity contribution in [2.45, 2.75) is 89.9 Å². The van der Waals surface area contributed by atoms with Crippen molar-refractivity contribution in [3.8, 4) is 23.0 Å². The standard InChI is InChI=1S/C72H93N9O20/c1-47(2)68(78-65(83)16-21-92-23-25-94-27-29-96-31-33-98-35-36-99-34-32-97-30-28-95-26-24-93-22-17-73-64(82)15-18-79-66(84)13-14-67(79)85)70(87)76-48(3)69(86)77-53-11-9-50(10-12-53)52-38-55-44-75-59-42-63(61(91-5)40-57(59)72(89)81(55)46-52)101-20-6-19-100-62-41-58-56(39-60(62)90-4)71(88)80-45-51(49-7-8-49)37-54(80)43-74-58/h9-14,39-49,54-55,68H,6-8,15-38H2,1-5H3,(H,73,82)(H,76,87)(H,77,86)(H,78,83)/t48-,54?,55-,68?/m0/s1. The third-order valence-electron chi connectivity index (χ3n) is 17.0. The van der Waals surface area contributed by atoms with Crippen LogP contribution in [0.2, 0.25) is 0 Å². The Kier molecular flexibility index (Phi) is 29.7. The Morgan fingerprint density at radius 1 is 0.535 bits per heavy atom. The lowest BCUT2D eigenvalue weighted by atomic mass is 10.0. The molecule has 0 aromatic heterocycles. The Hall–Kier alpha value is -8.94. The van der Waals surface area contributed by atoms with E-state index in [4.69, 9.17) is 66.8 Å². The zero-order valence-corrected chi connectivity index (χ0v) is 58.0. The predicted molar refractivity (Wildman–Crippen MR) is 370 cm³/mol. The second-order valence-corrected chi connectivity index (χ2v) is 24.7. The van der Waals surface area contributed by atoms with Gasteiger partial charge in [0.2, 0.25) is 23.6 Å². The monoisotopic (exact) mass is 1400 g/mol. The normalized spacial score (nSPS) is 17.2. The summed E-state index contributed by atoms with van der Waals surface area (Å²) in [6, 6.07) is 11.7. The minimum atomic E-state index is -0.938. The number of aliphatic imine (C=N–C) groups is 2. The van der Waals surface area contributed by atoms with Crippen LogP contribution in [-0.2, 0) is 66.7 Å². The molecule has 0 bridgehead atoms. The quantitative estimate of drug-likeness (QED) is 0.0412. The number of nitrogens with zero attached hydrogens (tertiary/aromatic N) is 5. The Bertz CT molecular complexity index is 3500. The highest BCUT2D eigenvalue weighted by Gasteiger charge is 2.39. The molecule has 3 aromatic carbocycles. The molecular formula is C72H93N9O20. The van der Waals surface area contributed by atoms with E-state index in [-0.39, 0.29) is 87.4 Å². The molecule has 9 rings (SSSR count). The molecule has 546 valence electrons. The van der Waals surface area contributed by atoms with E-state index in [2.05, 4.69) is 21.3 Å². The average molecular weight is 1400 g/mol. The van der Waals surface area contributed by atoms with Gasteiger partial charge in [0.15, 0.2) is 23.0 Å². The largest absolute Gasteiger partial charge is 0.493 e. The Morgan fingerprint density at radius 3 is 1.51 bits per heavy atom. The van der Waals surface area contributed by atoms with Crippen LogP contribution < -0.4 is 40.2 Å². The number of fused-ring (bicyclic) bond motifs is 4. The van der Waals surface area contributed by atoms with Crippen LogP contribution in [0.5, 0.6) is 23.0 Å². The van der Waals surface area contributed by atoms with E-state index in [1.54, 1.807) is 73.2 Å². The van der Waals surface area contributed by atoms with Crippen molar-refractivity contribution in [2.24, 2.45) is 21.8 Å². The first-order valence-corrected chi connectivity index (χ1v) is 34.4. The summed E-state index contributed by atoms with van der Waals surface area (Å²) in [4.78, 5) is 116. The second kappa shape index (κ2) is 39.3. The number of hydrogen-bond donors (Lipinski definition) is 4. The van der Waals surface area contributed by atoms with Crippen LogP contribution in [0.1, 0.15) is 92.0 Å². The van der Waals surface area contributed by atoms with Gasteiger partial charge in [-0.3, -0.25) is 53.2 Å². The van der Waals surface area contributed by atoms with Gasteiger partial charge in [-0.1, -0.05) is 26.0 Å². The van der Waals surface area contributed by atoms with Crippen LogP contribution in [0.25, 0.3) is 5.57 Å². The summed E-state index contributed by atoms with van der Waals surface area (Å²) in [5.41, 5.74) is 5.33. The zero-order valence-electron chi connectivity index (χ0n) is 58.0. The molecule has 3 aromatic rings. The van der Waals surface area contributed by atoms with Gasteiger partial charge in [-0.05, 0) is 79.0 Å². The third kappa shape index (κ3) is 22.8. The first-order valence-electron chi connectivity index (χ1n) is 34.4. The van der Waals surface area contributed by atoms with Crippen molar-refractivity contribution < 1.29 is 95.2 Å². The maximum Gasteiger partial charge on any atom is 0.260 e. The molecule has 0 radical (unpaired) electrons. The van der Waals surface area contributed by atoms with Gasteiger partial charge >= 0.3 is 0 Å². The van der Waals surface area contributed by atoms with Gasteiger partial charge in [-0.25, -0.2) is 0 Å². The van der Waals surface area contributed by atoms with Gasteiger partial charge in [0.05, 0.1) is 168 Å². The number of carbonyl (C=O) groups is 8. The molecule has 2 unspecified atom stereocenters. The van der Waals surface area contributed by atoms with Gasteiger partial charge in [0.1, 0.15) is 12.1 Å². The molecule has 5 heterocycles. The van der Waals surface area contributed by atoms with Crippen molar-refractivity contribution in [3.05, 3.63) is 95.3 Å². The molecule has 4 N–H and O–H groups in total. The number of methoxy groups -OCH3 is 2. The lowest BCUT2D eigenvalue weighted by molar-refractivity contribution is -0.137. The number of amides is 8. The van der Waals surface area contributed by atoms with Gasteiger partial charge in [-0.2, -0.15) is 0 Å². The maximum absolute atomic E-state index is 14.1. The van der Waals surface area contributed by atoms with Gasteiger partial charge < -0.3 is 87.9 Å². The van der Waals surface area contributed by atoms with Crippen molar-refractivity contribution >= 4 is 82.3 Å². The summed E-state index contributed by atoms with van der Waals surface area (Å²) < 4.78 is 67.7. The SMILES string of the molecule is COc1cc2c(cc1OCCCOc1cc3c(cc1OC)C(=O)N1C=C(c4ccc(NC(=O)[C@H](C)NC(=O)C(NC(=O)CCOCCOCCOCCOCCOCCOCCOCCOCCNC(=O)CCN5C(=O)C=CC5=O)C(C)C)cc4)C[C@H]1C=N3)N=CC1CC(C3CC3)=CN1C2=O. The summed E-state index contributed by atoms with van der Waals surface area (Å²) >= 11 is 0. The Balaban J connectivity index is 0.570. The molecule has 29 nitrogen and oxygen atoms in total. The molecular weight excluding hydrogens is 1310 g/mol. The number of ether oxygens (including phenoxy) is 12. The topological polar surface area (TPSA) is 330 Å². The number of hydrogen-bond acceptors (Lipinski definition) is 22. The zero-order chi connectivity index (χ0) is 71.5. The highest BCUT2D eigenvalue weighted by Crippen LogP contribution is 2.45. The Labute approximate surface area is 587 Å². The first kappa shape index (κ1) is 76.2. The summed E-state index contributed by atoms with van der Waals surface area (Å²) in [6.45, 7) is 11.7. The third-order valence-corrected chi connectivity index (χ3v) is 17.0. The number of anilines is 1. The second-order valence-electron chi connectivity index (χ2n) is 24.7. The minimum absolute atomic E-state index is 0.0148. The lowest BCUT2D eigenvalue weighted by Gasteiger charge is -2.24. The predicted octanol–water partition coefficient (Wildman–Crippen LogP) is 5.29. The van der Waals surface area contributed by atoms with Crippen LogP contribution in [0.4, 0.5) is 17.1 Å². The maximum atomic E-state index is 14.1. The van der Waals surface area contributed by atoms with Crippen LogP contribution in [0.15, 0.2) is 88.6 Å². The fourth-order valence-corrected chi connectivity index (χ4v) is 11.3. The molecule has 101 heavy (non-hydrogen) atoms. The molecule has 5 aliphatic heterocycles. The summed E-state index contributed by atoms with van der Waals surface area (Å²) in [7, 11) is 3.05. The summed E-state index contributed by atoms with van der Waals surface area (Å²) in [5, 5.41) is 11.0. The van der Waals surface area contributed by atoms with Gasteiger partial charge in [0.25, 0.3) is 23.6 Å². The highest BCUT2D eigenvalue weighted by molar-refractivity contribution is 6.13. The summed E-state index contributed by atoms with van der Waals surface area (Å²) in [5.74, 6) is -0.819. The van der Waals surface area contributed by atoms with Crippen LogP contribution in [0, 0.1) is 11.8 Å². The number of imide groups is 1. The van der Waals surface area contributed by atoms with E-state index >= 15 is 0 Å². The van der Waals surface area contributed by atoms with E-state index in [1.807, 2.05) is 30.7 Å². The van der Waals surface area contributed by atoms with Crippen molar-refractivity contribution in [2.75, 3.05) is 152 Å². The molecule has 0 saturated heterocycles.